The van der Waals surface area contributed by atoms with Gasteiger partial charge in [-0.05, 0) is 67.8 Å². The zero-order valence-electron chi connectivity index (χ0n) is 16.3. The van der Waals surface area contributed by atoms with Crippen molar-refractivity contribution in [1.82, 2.24) is 15.0 Å². The fourth-order valence-corrected chi connectivity index (χ4v) is 3.07. The summed E-state index contributed by atoms with van der Waals surface area (Å²) in [5.41, 5.74) is 4.26. The van der Waals surface area contributed by atoms with Crippen LogP contribution in [0.1, 0.15) is 23.2 Å². The number of nitrogens with one attached hydrogen (secondary N) is 2. The van der Waals surface area contributed by atoms with Gasteiger partial charge in [-0.1, -0.05) is 0 Å². The summed E-state index contributed by atoms with van der Waals surface area (Å²) in [7, 11) is 0. The standard InChI is InChI=1S/C22H21N5O2/c1-14-9-17(4-6-20(14)29-18-5-3-15(2)24-11-18)27-22-19-10-16(12-28)7-8-23-21(19)25-13-26-22/h3-6,9-13H,7-8H2,1-2H3,(H2,23,25,26,27). The van der Waals surface area contributed by atoms with Crippen LogP contribution >= 0.6 is 0 Å². The number of rotatable bonds is 5. The van der Waals surface area contributed by atoms with Crippen LogP contribution < -0.4 is 15.4 Å². The van der Waals surface area contributed by atoms with E-state index < -0.39 is 0 Å². The first kappa shape index (κ1) is 18.6. The van der Waals surface area contributed by atoms with Gasteiger partial charge < -0.3 is 15.4 Å². The molecule has 0 saturated carbocycles. The Balaban J connectivity index is 1.59. The van der Waals surface area contributed by atoms with Crippen molar-refractivity contribution in [3.63, 3.8) is 0 Å². The summed E-state index contributed by atoms with van der Waals surface area (Å²) in [5, 5.41) is 6.56. The Morgan fingerprint density at radius 2 is 2.03 bits per heavy atom. The fourth-order valence-electron chi connectivity index (χ4n) is 3.07. The lowest BCUT2D eigenvalue weighted by Gasteiger charge is -2.14. The molecule has 0 aliphatic carbocycles. The molecule has 0 radical (unpaired) electrons. The summed E-state index contributed by atoms with van der Waals surface area (Å²) in [6.07, 6.45) is 6.57. The first-order valence-corrected chi connectivity index (χ1v) is 9.35. The summed E-state index contributed by atoms with van der Waals surface area (Å²) in [6.45, 7) is 4.58. The number of nitrogens with zero attached hydrogens (tertiary/aromatic N) is 3. The number of ether oxygens (including phenoxy) is 1. The number of pyridine rings is 1. The molecule has 29 heavy (non-hydrogen) atoms. The molecule has 0 amide bonds. The SMILES string of the molecule is Cc1ccc(Oc2ccc(Nc3ncnc4c3C=C(C=O)CCN4)cc2C)cn1. The van der Waals surface area contributed by atoms with Gasteiger partial charge in [0.05, 0.1) is 11.8 Å². The molecule has 4 rings (SSSR count). The highest BCUT2D eigenvalue weighted by molar-refractivity contribution is 5.88. The summed E-state index contributed by atoms with van der Waals surface area (Å²) >= 11 is 0. The van der Waals surface area contributed by atoms with Gasteiger partial charge in [-0.15, -0.1) is 0 Å². The number of aldehydes is 1. The highest BCUT2D eigenvalue weighted by atomic mass is 16.5. The zero-order valence-corrected chi connectivity index (χ0v) is 16.3. The van der Waals surface area contributed by atoms with Crippen LogP contribution in [0.25, 0.3) is 6.08 Å². The van der Waals surface area contributed by atoms with Crippen molar-refractivity contribution < 1.29 is 9.53 Å². The molecule has 0 saturated heterocycles. The van der Waals surface area contributed by atoms with Crippen molar-refractivity contribution in [1.29, 1.82) is 0 Å². The molecule has 0 atom stereocenters. The summed E-state index contributed by atoms with van der Waals surface area (Å²) in [5.74, 6) is 2.80. The number of carbonyl (C=O) groups excluding carboxylic acids is 1. The number of carbonyl (C=O) groups is 1. The molecule has 0 bridgehead atoms. The molecule has 0 unspecified atom stereocenters. The summed E-state index contributed by atoms with van der Waals surface area (Å²) in [6, 6.07) is 9.62. The second kappa shape index (κ2) is 8.10. The van der Waals surface area contributed by atoms with Gasteiger partial charge in [-0.3, -0.25) is 9.78 Å². The molecule has 7 heteroatoms. The van der Waals surface area contributed by atoms with E-state index in [1.807, 2.05) is 50.3 Å². The fraction of sp³-hybridized carbons (Fsp3) is 0.182. The number of hydrogen-bond donors (Lipinski definition) is 2. The first-order valence-electron chi connectivity index (χ1n) is 9.35. The van der Waals surface area contributed by atoms with Crippen LogP contribution in [0.3, 0.4) is 0 Å². The number of anilines is 3. The Kier molecular flexibility index (Phi) is 5.20. The van der Waals surface area contributed by atoms with E-state index >= 15 is 0 Å². The van der Waals surface area contributed by atoms with Crippen molar-refractivity contribution in [3.05, 3.63) is 65.2 Å². The average Bonchev–Trinajstić information content (AvgIpc) is 2.94. The predicted octanol–water partition coefficient (Wildman–Crippen LogP) is 4.42. The van der Waals surface area contributed by atoms with Crippen LogP contribution in [-0.2, 0) is 4.79 Å². The maximum Gasteiger partial charge on any atom is 0.146 e. The van der Waals surface area contributed by atoms with Gasteiger partial charge in [-0.2, -0.15) is 0 Å². The molecule has 7 nitrogen and oxygen atoms in total. The second-order valence-corrected chi connectivity index (χ2v) is 6.84. The Bertz CT molecular complexity index is 1080. The van der Waals surface area contributed by atoms with Crippen LogP contribution in [0, 0.1) is 13.8 Å². The second-order valence-electron chi connectivity index (χ2n) is 6.84. The lowest BCUT2D eigenvalue weighted by atomic mass is 10.1. The van der Waals surface area contributed by atoms with E-state index in [1.54, 1.807) is 6.20 Å². The van der Waals surface area contributed by atoms with Crippen molar-refractivity contribution in [2.75, 3.05) is 17.2 Å². The first-order chi connectivity index (χ1) is 14.1. The highest BCUT2D eigenvalue weighted by Gasteiger charge is 2.14. The van der Waals surface area contributed by atoms with E-state index in [4.69, 9.17) is 4.74 Å². The quantitative estimate of drug-likeness (QED) is 0.626. The van der Waals surface area contributed by atoms with E-state index in [0.29, 0.717) is 35.9 Å². The maximum atomic E-state index is 11.3. The Morgan fingerprint density at radius 3 is 2.79 bits per heavy atom. The van der Waals surface area contributed by atoms with Crippen molar-refractivity contribution in [3.8, 4) is 11.5 Å². The lowest BCUT2D eigenvalue weighted by molar-refractivity contribution is -0.104. The normalized spacial score (nSPS) is 12.8. The van der Waals surface area contributed by atoms with Gasteiger partial charge >= 0.3 is 0 Å². The Hall–Kier alpha value is -3.74. The molecule has 146 valence electrons. The van der Waals surface area contributed by atoms with Crippen molar-refractivity contribution in [2.24, 2.45) is 0 Å². The van der Waals surface area contributed by atoms with Gasteiger partial charge in [0.15, 0.2) is 0 Å². The van der Waals surface area contributed by atoms with E-state index in [9.17, 15) is 4.79 Å². The molecular formula is C22H21N5O2. The van der Waals surface area contributed by atoms with Gasteiger partial charge in [0, 0.05) is 17.9 Å². The monoisotopic (exact) mass is 387 g/mol. The lowest BCUT2D eigenvalue weighted by Crippen LogP contribution is -2.05. The van der Waals surface area contributed by atoms with Crippen LogP contribution in [0.5, 0.6) is 11.5 Å². The molecule has 0 spiro atoms. The molecule has 2 N–H and O–H groups in total. The van der Waals surface area contributed by atoms with E-state index in [0.717, 1.165) is 34.5 Å². The van der Waals surface area contributed by atoms with Gasteiger partial charge in [0.1, 0.15) is 35.7 Å². The smallest absolute Gasteiger partial charge is 0.146 e. The van der Waals surface area contributed by atoms with Crippen LogP contribution in [-0.4, -0.2) is 27.8 Å². The van der Waals surface area contributed by atoms with E-state index in [2.05, 4.69) is 25.6 Å². The zero-order chi connectivity index (χ0) is 20.2. The molecule has 3 aromatic rings. The molecule has 1 aliphatic heterocycles. The van der Waals surface area contributed by atoms with E-state index in [1.165, 1.54) is 6.33 Å². The topological polar surface area (TPSA) is 89.0 Å². The molecule has 3 heterocycles. The maximum absolute atomic E-state index is 11.3. The molecule has 1 aromatic carbocycles. The largest absolute Gasteiger partial charge is 0.455 e. The van der Waals surface area contributed by atoms with Crippen LogP contribution in [0.4, 0.5) is 17.3 Å². The average molecular weight is 387 g/mol. The highest BCUT2D eigenvalue weighted by Crippen LogP contribution is 2.31. The van der Waals surface area contributed by atoms with Gasteiger partial charge in [-0.25, -0.2) is 9.97 Å². The number of hydrogen-bond acceptors (Lipinski definition) is 7. The third-order valence-electron chi connectivity index (χ3n) is 4.62. The van der Waals surface area contributed by atoms with Crippen molar-refractivity contribution >= 4 is 29.7 Å². The minimum atomic E-state index is 0.638. The van der Waals surface area contributed by atoms with Crippen LogP contribution in [0.15, 0.2) is 48.4 Å². The van der Waals surface area contributed by atoms with Crippen molar-refractivity contribution in [2.45, 2.75) is 20.3 Å². The molecular weight excluding hydrogens is 366 g/mol. The number of fused-ring (bicyclic) bond motifs is 1. The third-order valence-corrected chi connectivity index (χ3v) is 4.62. The third kappa shape index (κ3) is 4.24. The van der Waals surface area contributed by atoms with Crippen LogP contribution in [0.2, 0.25) is 0 Å². The molecule has 0 fully saturated rings. The summed E-state index contributed by atoms with van der Waals surface area (Å²) in [4.78, 5) is 24.2. The molecule has 2 aromatic heterocycles. The minimum absolute atomic E-state index is 0.638. The van der Waals surface area contributed by atoms with Gasteiger partial charge in [0.2, 0.25) is 0 Å². The number of benzene rings is 1. The van der Waals surface area contributed by atoms with E-state index in [-0.39, 0.29) is 0 Å². The predicted molar refractivity (Wildman–Crippen MR) is 113 cm³/mol. The Labute approximate surface area is 168 Å². The molecule has 1 aliphatic rings. The Morgan fingerprint density at radius 1 is 1.14 bits per heavy atom. The minimum Gasteiger partial charge on any atom is -0.455 e. The number of aryl methyl sites for hydroxylation is 2. The summed E-state index contributed by atoms with van der Waals surface area (Å²) < 4.78 is 5.93. The van der Waals surface area contributed by atoms with Gasteiger partial charge in [0.25, 0.3) is 0 Å². The number of aromatic nitrogens is 3.